The molecule has 1 aliphatic heterocycles. The number of nitrogens with two attached hydrogens (primary N) is 1. The second-order valence-corrected chi connectivity index (χ2v) is 5.54. The summed E-state index contributed by atoms with van der Waals surface area (Å²) in [7, 11) is 0. The Kier molecular flexibility index (Phi) is 4.51. The maximum atomic E-state index is 11.9. The number of rotatable bonds is 4. The van der Waals surface area contributed by atoms with Crippen LogP contribution in [0.5, 0.6) is 0 Å². The molecule has 2 amide bonds. The molecule has 0 aromatic rings. The van der Waals surface area contributed by atoms with Crippen LogP contribution in [0.1, 0.15) is 33.6 Å². The number of amides is 2. The van der Waals surface area contributed by atoms with Crippen LogP contribution < -0.4 is 16.4 Å². The fourth-order valence-corrected chi connectivity index (χ4v) is 1.91. The Bertz CT molecular complexity index is 302. The summed E-state index contributed by atoms with van der Waals surface area (Å²) in [5.41, 5.74) is 4.57. The Balaban J connectivity index is 2.41. The number of hydrogen-bond acceptors (Lipinski definition) is 3. The minimum absolute atomic E-state index is 0.0349. The van der Waals surface area contributed by atoms with Crippen molar-refractivity contribution in [2.45, 2.75) is 39.7 Å². The summed E-state index contributed by atoms with van der Waals surface area (Å²) < 4.78 is 0. The van der Waals surface area contributed by atoms with Crippen LogP contribution in [0.15, 0.2) is 0 Å². The van der Waals surface area contributed by atoms with E-state index in [1.807, 2.05) is 0 Å². The quantitative estimate of drug-likeness (QED) is 0.648. The van der Waals surface area contributed by atoms with Crippen LogP contribution in [0.3, 0.4) is 0 Å². The third-order valence-electron chi connectivity index (χ3n) is 3.37. The zero-order valence-electron chi connectivity index (χ0n) is 10.9. The van der Waals surface area contributed by atoms with E-state index in [-0.39, 0.29) is 11.8 Å². The average Bonchev–Trinajstić information content (AvgIpc) is 2.25. The smallest absolute Gasteiger partial charge is 0.224 e. The maximum absolute atomic E-state index is 11.9. The minimum Gasteiger partial charge on any atom is -0.369 e. The standard InChI is InChI=1S/C12H23N3O2/c1-8-6-9(4-5-14-8)10(16)15-7-12(2,3)11(13)17/h8-9,14H,4-7H2,1-3H3,(H2,13,17)(H,15,16). The topological polar surface area (TPSA) is 84.2 Å². The molecule has 0 radical (unpaired) electrons. The Morgan fingerprint density at radius 3 is 2.65 bits per heavy atom. The van der Waals surface area contributed by atoms with Crippen molar-refractivity contribution in [2.24, 2.45) is 17.1 Å². The van der Waals surface area contributed by atoms with Crippen molar-refractivity contribution in [3.05, 3.63) is 0 Å². The van der Waals surface area contributed by atoms with Gasteiger partial charge >= 0.3 is 0 Å². The van der Waals surface area contributed by atoms with Crippen molar-refractivity contribution in [3.8, 4) is 0 Å². The molecule has 1 aliphatic rings. The van der Waals surface area contributed by atoms with E-state index in [2.05, 4.69) is 17.6 Å². The van der Waals surface area contributed by atoms with E-state index < -0.39 is 11.3 Å². The van der Waals surface area contributed by atoms with Gasteiger partial charge in [0.1, 0.15) is 0 Å². The summed E-state index contributed by atoms with van der Waals surface area (Å²) in [6.45, 7) is 6.73. The van der Waals surface area contributed by atoms with Gasteiger partial charge in [0.2, 0.25) is 11.8 Å². The Hall–Kier alpha value is -1.10. The number of carbonyl (C=O) groups is 2. The molecular weight excluding hydrogens is 218 g/mol. The molecule has 0 aromatic carbocycles. The van der Waals surface area contributed by atoms with E-state index in [0.717, 1.165) is 19.4 Å². The largest absolute Gasteiger partial charge is 0.369 e. The molecule has 5 nitrogen and oxygen atoms in total. The van der Waals surface area contributed by atoms with Gasteiger partial charge in [-0.3, -0.25) is 9.59 Å². The molecule has 0 aromatic heterocycles. The zero-order valence-corrected chi connectivity index (χ0v) is 10.9. The second-order valence-electron chi connectivity index (χ2n) is 5.54. The summed E-state index contributed by atoms with van der Waals surface area (Å²) in [5, 5.41) is 6.13. The molecule has 1 saturated heterocycles. The highest BCUT2D eigenvalue weighted by atomic mass is 16.2. The maximum Gasteiger partial charge on any atom is 0.224 e. The summed E-state index contributed by atoms with van der Waals surface area (Å²) in [6.07, 6.45) is 1.70. The van der Waals surface area contributed by atoms with Crippen LogP contribution >= 0.6 is 0 Å². The van der Waals surface area contributed by atoms with Crippen LogP contribution in [0, 0.1) is 11.3 Å². The van der Waals surface area contributed by atoms with Crippen molar-refractivity contribution in [2.75, 3.05) is 13.1 Å². The molecule has 1 heterocycles. The van der Waals surface area contributed by atoms with Gasteiger partial charge in [-0.2, -0.15) is 0 Å². The molecule has 0 saturated carbocycles. The zero-order chi connectivity index (χ0) is 13.1. The Morgan fingerprint density at radius 2 is 2.12 bits per heavy atom. The molecule has 0 bridgehead atoms. The average molecular weight is 241 g/mol. The summed E-state index contributed by atoms with van der Waals surface area (Å²) in [5.74, 6) is -0.306. The molecule has 2 atom stereocenters. The van der Waals surface area contributed by atoms with Crippen LogP contribution in [0.25, 0.3) is 0 Å². The first-order chi connectivity index (χ1) is 7.83. The number of nitrogens with one attached hydrogen (secondary N) is 2. The summed E-state index contributed by atoms with van der Waals surface area (Å²) in [4.78, 5) is 23.0. The second kappa shape index (κ2) is 5.49. The fourth-order valence-electron chi connectivity index (χ4n) is 1.91. The van der Waals surface area contributed by atoms with E-state index in [9.17, 15) is 9.59 Å². The van der Waals surface area contributed by atoms with E-state index in [1.165, 1.54) is 0 Å². The predicted octanol–water partition coefficient (Wildman–Crippen LogP) is 0.00220. The third-order valence-corrected chi connectivity index (χ3v) is 3.37. The first-order valence-electron chi connectivity index (χ1n) is 6.14. The van der Waals surface area contributed by atoms with Gasteiger partial charge in [0, 0.05) is 18.5 Å². The highest BCUT2D eigenvalue weighted by molar-refractivity contribution is 5.82. The molecule has 0 spiro atoms. The highest BCUT2D eigenvalue weighted by Crippen LogP contribution is 2.17. The summed E-state index contributed by atoms with van der Waals surface area (Å²) >= 11 is 0. The van der Waals surface area contributed by atoms with Gasteiger partial charge in [-0.05, 0) is 40.2 Å². The van der Waals surface area contributed by atoms with Crippen molar-refractivity contribution < 1.29 is 9.59 Å². The third kappa shape index (κ3) is 4.00. The number of carbonyl (C=O) groups excluding carboxylic acids is 2. The van der Waals surface area contributed by atoms with Gasteiger partial charge in [0.15, 0.2) is 0 Å². The highest BCUT2D eigenvalue weighted by Gasteiger charge is 2.29. The number of primary amides is 1. The number of hydrogen-bond donors (Lipinski definition) is 3. The van der Waals surface area contributed by atoms with E-state index in [0.29, 0.717) is 12.6 Å². The molecular formula is C12H23N3O2. The van der Waals surface area contributed by atoms with Crippen molar-refractivity contribution >= 4 is 11.8 Å². The van der Waals surface area contributed by atoms with Crippen molar-refractivity contribution in [1.29, 1.82) is 0 Å². The van der Waals surface area contributed by atoms with Crippen LogP contribution in [0.4, 0.5) is 0 Å². The van der Waals surface area contributed by atoms with E-state index in [4.69, 9.17) is 5.73 Å². The van der Waals surface area contributed by atoms with Gasteiger partial charge in [-0.15, -0.1) is 0 Å². The van der Waals surface area contributed by atoms with Gasteiger partial charge < -0.3 is 16.4 Å². The molecule has 0 aliphatic carbocycles. The predicted molar refractivity (Wildman–Crippen MR) is 66.2 cm³/mol. The molecule has 17 heavy (non-hydrogen) atoms. The van der Waals surface area contributed by atoms with Crippen LogP contribution in [-0.4, -0.2) is 30.9 Å². The lowest BCUT2D eigenvalue weighted by molar-refractivity contribution is -0.129. The monoisotopic (exact) mass is 241 g/mol. The van der Waals surface area contributed by atoms with Gasteiger partial charge in [-0.1, -0.05) is 0 Å². The molecule has 1 fully saturated rings. The summed E-state index contributed by atoms with van der Waals surface area (Å²) in [6, 6.07) is 0.378. The normalized spacial score (nSPS) is 25.4. The lowest BCUT2D eigenvalue weighted by Crippen LogP contribution is -2.47. The molecule has 5 heteroatoms. The van der Waals surface area contributed by atoms with Crippen molar-refractivity contribution in [3.63, 3.8) is 0 Å². The van der Waals surface area contributed by atoms with Crippen LogP contribution in [0.2, 0.25) is 0 Å². The fraction of sp³-hybridized carbons (Fsp3) is 0.833. The lowest BCUT2D eigenvalue weighted by atomic mass is 9.90. The Labute approximate surface area is 103 Å². The van der Waals surface area contributed by atoms with Crippen molar-refractivity contribution in [1.82, 2.24) is 10.6 Å². The minimum atomic E-state index is -0.686. The Morgan fingerprint density at radius 1 is 1.47 bits per heavy atom. The molecule has 98 valence electrons. The van der Waals surface area contributed by atoms with Gasteiger partial charge in [0.05, 0.1) is 5.41 Å². The van der Waals surface area contributed by atoms with E-state index in [1.54, 1.807) is 13.8 Å². The van der Waals surface area contributed by atoms with Gasteiger partial charge in [-0.25, -0.2) is 0 Å². The van der Waals surface area contributed by atoms with E-state index >= 15 is 0 Å². The van der Waals surface area contributed by atoms with Gasteiger partial charge in [0.25, 0.3) is 0 Å². The lowest BCUT2D eigenvalue weighted by Gasteiger charge is -2.28. The number of piperidine rings is 1. The molecule has 1 rings (SSSR count). The SMILES string of the molecule is CC1CC(C(=O)NCC(C)(C)C(N)=O)CCN1. The molecule has 4 N–H and O–H groups in total. The molecule has 2 unspecified atom stereocenters. The van der Waals surface area contributed by atoms with Crippen LogP contribution in [-0.2, 0) is 9.59 Å². The first-order valence-corrected chi connectivity index (χ1v) is 6.14. The first kappa shape index (κ1) is 14.0.